The normalized spacial score (nSPS) is 14.6. The Morgan fingerprint density at radius 3 is 2.91 bits per heavy atom. The van der Waals surface area contributed by atoms with E-state index < -0.39 is 0 Å². The predicted octanol–water partition coefficient (Wildman–Crippen LogP) is 0.947. The van der Waals surface area contributed by atoms with Gasteiger partial charge in [0.2, 0.25) is 0 Å². The number of aryl methyl sites for hydroxylation is 1. The molecule has 1 amide bonds. The molecule has 3 heterocycles. The van der Waals surface area contributed by atoms with Gasteiger partial charge >= 0.3 is 0 Å². The van der Waals surface area contributed by atoms with Crippen molar-refractivity contribution in [2.75, 3.05) is 31.2 Å². The van der Waals surface area contributed by atoms with Crippen LogP contribution in [0, 0.1) is 6.92 Å². The number of aromatic nitrogens is 3. The molecule has 1 fully saturated rings. The zero-order valence-corrected chi connectivity index (χ0v) is 13.0. The van der Waals surface area contributed by atoms with Gasteiger partial charge in [0.05, 0.1) is 25.3 Å². The first-order valence-corrected chi connectivity index (χ1v) is 7.58. The van der Waals surface area contributed by atoms with Gasteiger partial charge < -0.3 is 15.0 Å². The number of anilines is 1. The average molecular weight is 313 g/mol. The molecule has 0 radical (unpaired) electrons. The topological polar surface area (TPSA) is 80.2 Å². The van der Waals surface area contributed by atoms with E-state index in [4.69, 9.17) is 4.74 Å². The fourth-order valence-corrected chi connectivity index (χ4v) is 2.40. The highest BCUT2D eigenvalue weighted by atomic mass is 16.5. The van der Waals surface area contributed by atoms with Crippen molar-refractivity contribution >= 4 is 11.7 Å². The number of amides is 1. The summed E-state index contributed by atoms with van der Waals surface area (Å²) in [5.41, 5.74) is 1.40. The highest BCUT2D eigenvalue weighted by Crippen LogP contribution is 2.14. The van der Waals surface area contributed by atoms with Crippen LogP contribution in [0.1, 0.15) is 21.9 Å². The lowest BCUT2D eigenvalue weighted by molar-refractivity contribution is 0.0949. The molecule has 0 bridgehead atoms. The van der Waals surface area contributed by atoms with E-state index in [0.717, 1.165) is 24.6 Å². The summed E-state index contributed by atoms with van der Waals surface area (Å²) in [4.78, 5) is 27.1. The fourth-order valence-electron chi connectivity index (χ4n) is 2.40. The van der Waals surface area contributed by atoms with Gasteiger partial charge in [-0.15, -0.1) is 0 Å². The smallest absolute Gasteiger partial charge is 0.253 e. The molecule has 0 atom stereocenters. The van der Waals surface area contributed by atoms with Crippen molar-refractivity contribution in [1.29, 1.82) is 0 Å². The van der Waals surface area contributed by atoms with E-state index in [0.29, 0.717) is 24.6 Å². The molecular weight excluding hydrogens is 294 g/mol. The first kappa shape index (κ1) is 15.4. The van der Waals surface area contributed by atoms with E-state index in [1.807, 2.05) is 13.0 Å². The van der Waals surface area contributed by atoms with E-state index in [1.54, 1.807) is 18.3 Å². The van der Waals surface area contributed by atoms with Crippen LogP contribution in [-0.4, -0.2) is 47.2 Å². The Morgan fingerprint density at radius 2 is 2.17 bits per heavy atom. The number of carbonyl (C=O) groups excluding carboxylic acids is 1. The number of morpholine rings is 1. The second-order valence-corrected chi connectivity index (χ2v) is 5.31. The molecule has 2 aromatic heterocycles. The van der Waals surface area contributed by atoms with E-state index in [2.05, 4.69) is 25.2 Å². The van der Waals surface area contributed by atoms with Gasteiger partial charge in [-0.1, -0.05) is 0 Å². The summed E-state index contributed by atoms with van der Waals surface area (Å²) >= 11 is 0. The Hall–Kier alpha value is -2.54. The number of rotatable bonds is 4. The van der Waals surface area contributed by atoms with Crippen LogP contribution >= 0.6 is 0 Å². The maximum absolute atomic E-state index is 12.1. The maximum atomic E-state index is 12.1. The van der Waals surface area contributed by atoms with Crippen molar-refractivity contribution in [2.24, 2.45) is 0 Å². The van der Waals surface area contributed by atoms with E-state index in [-0.39, 0.29) is 12.5 Å². The van der Waals surface area contributed by atoms with Crippen LogP contribution in [0.25, 0.3) is 0 Å². The first-order chi connectivity index (χ1) is 11.2. The van der Waals surface area contributed by atoms with Gasteiger partial charge in [-0.2, -0.15) is 0 Å². The highest BCUT2D eigenvalue weighted by Gasteiger charge is 2.14. The van der Waals surface area contributed by atoms with Crippen LogP contribution in [0.5, 0.6) is 0 Å². The largest absolute Gasteiger partial charge is 0.378 e. The van der Waals surface area contributed by atoms with Crippen molar-refractivity contribution in [3.05, 3.63) is 47.7 Å². The van der Waals surface area contributed by atoms with Gasteiger partial charge in [0.1, 0.15) is 11.6 Å². The van der Waals surface area contributed by atoms with Gasteiger partial charge in [-0.05, 0) is 19.1 Å². The summed E-state index contributed by atoms with van der Waals surface area (Å²) in [6.07, 6.45) is 3.17. The maximum Gasteiger partial charge on any atom is 0.253 e. The van der Waals surface area contributed by atoms with Gasteiger partial charge in [-0.25, -0.2) is 9.97 Å². The van der Waals surface area contributed by atoms with E-state index in [1.165, 1.54) is 6.20 Å². The van der Waals surface area contributed by atoms with Crippen LogP contribution in [0.4, 0.5) is 5.82 Å². The molecule has 2 aromatic rings. The van der Waals surface area contributed by atoms with Crippen LogP contribution in [0.3, 0.4) is 0 Å². The van der Waals surface area contributed by atoms with Gasteiger partial charge in [-0.3, -0.25) is 9.78 Å². The third-order valence-electron chi connectivity index (χ3n) is 3.55. The molecule has 1 aliphatic rings. The zero-order valence-electron chi connectivity index (χ0n) is 13.0. The fraction of sp³-hybridized carbons (Fsp3) is 0.375. The van der Waals surface area contributed by atoms with Crippen LogP contribution in [-0.2, 0) is 11.3 Å². The molecule has 1 saturated heterocycles. The molecule has 3 rings (SSSR count). The number of ether oxygens (including phenoxy) is 1. The molecule has 23 heavy (non-hydrogen) atoms. The third kappa shape index (κ3) is 4.01. The summed E-state index contributed by atoms with van der Waals surface area (Å²) in [6, 6.07) is 5.41. The Balaban J connectivity index is 1.68. The molecule has 1 N–H and O–H groups in total. The molecule has 120 valence electrons. The minimum Gasteiger partial charge on any atom is -0.378 e. The number of pyridine rings is 1. The van der Waals surface area contributed by atoms with Crippen molar-refractivity contribution in [3.63, 3.8) is 0 Å². The van der Waals surface area contributed by atoms with Crippen LogP contribution in [0.2, 0.25) is 0 Å². The third-order valence-corrected chi connectivity index (χ3v) is 3.55. The molecule has 0 unspecified atom stereocenters. The number of nitrogens with one attached hydrogen (secondary N) is 1. The number of hydrogen-bond acceptors (Lipinski definition) is 6. The second kappa shape index (κ2) is 7.15. The molecule has 1 aliphatic heterocycles. The summed E-state index contributed by atoms with van der Waals surface area (Å²) in [6.45, 7) is 5.26. The summed E-state index contributed by atoms with van der Waals surface area (Å²) in [5.74, 6) is 1.30. The standard InChI is InChI=1S/C16H19N5O2/c1-12-9-15(21-5-7-23-8-6-21)20-14(19-12)11-18-16(22)13-3-2-4-17-10-13/h2-4,9-10H,5-8,11H2,1H3,(H,18,22). The Kier molecular flexibility index (Phi) is 4.77. The minimum absolute atomic E-state index is 0.184. The van der Waals surface area contributed by atoms with Crippen molar-refractivity contribution < 1.29 is 9.53 Å². The highest BCUT2D eigenvalue weighted by molar-refractivity contribution is 5.93. The molecule has 0 saturated carbocycles. The average Bonchev–Trinajstić information content (AvgIpc) is 2.61. The molecule has 0 aliphatic carbocycles. The first-order valence-electron chi connectivity index (χ1n) is 7.58. The molecule has 0 aromatic carbocycles. The van der Waals surface area contributed by atoms with Crippen LogP contribution in [0.15, 0.2) is 30.6 Å². The van der Waals surface area contributed by atoms with Gasteiger partial charge in [0.25, 0.3) is 5.91 Å². The van der Waals surface area contributed by atoms with Crippen molar-refractivity contribution in [1.82, 2.24) is 20.3 Å². The van der Waals surface area contributed by atoms with E-state index >= 15 is 0 Å². The number of nitrogens with zero attached hydrogens (tertiary/aromatic N) is 4. The Morgan fingerprint density at radius 1 is 1.35 bits per heavy atom. The van der Waals surface area contributed by atoms with Crippen LogP contribution < -0.4 is 10.2 Å². The lowest BCUT2D eigenvalue weighted by atomic mass is 10.2. The second-order valence-electron chi connectivity index (χ2n) is 5.31. The Bertz CT molecular complexity index is 671. The summed E-state index contributed by atoms with van der Waals surface area (Å²) in [5, 5.41) is 2.83. The summed E-state index contributed by atoms with van der Waals surface area (Å²) in [7, 11) is 0. The lowest BCUT2D eigenvalue weighted by Gasteiger charge is -2.28. The molecular formula is C16H19N5O2. The molecule has 7 heteroatoms. The summed E-state index contributed by atoms with van der Waals surface area (Å²) < 4.78 is 5.36. The lowest BCUT2D eigenvalue weighted by Crippen LogP contribution is -2.37. The zero-order chi connectivity index (χ0) is 16.1. The quantitative estimate of drug-likeness (QED) is 0.905. The molecule has 0 spiro atoms. The molecule has 7 nitrogen and oxygen atoms in total. The number of hydrogen-bond donors (Lipinski definition) is 1. The number of carbonyl (C=O) groups is 1. The predicted molar refractivity (Wildman–Crippen MR) is 85.2 cm³/mol. The van der Waals surface area contributed by atoms with Crippen molar-refractivity contribution in [2.45, 2.75) is 13.5 Å². The van der Waals surface area contributed by atoms with Gasteiger partial charge in [0.15, 0.2) is 0 Å². The monoisotopic (exact) mass is 313 g/mol. The Labute approximate surface area is 134 Å². The van der Waals surface area contributed by atoms with Crippen molar-refractivity contribution in [3.8, 4) is 0 Å². The van der Waals surface area contributed by atoms with Gasteiger partial charge in [0, 0.05) is 37.2 Å². The minimum atomic E-state index is -0.184. The SMILES string of the molecule is Cc1cc(N2CCOCC2)nc(CNC(=O)c2cccnc2)n1. The van der Waals surface area contributed by atoms with E-state index in [9.17, 15) is 4.79 Å².